The first-order valence-corrected chi connectivity index (χ1v) is 11.5. The van der Waals surface area contributed by atoms with Crippen molar-refractivity contribution in [3.63, 3.8) is 0 Å². The molecule has 29 heavy (non-hydrogen) atoms. The summed E-state index contributed by atoms with van der Waals surface area (Å²) in [5.74, 6) is 0.377. The van der Waals surface area contributed by atoms with E-state index in [9.17, 15) is 5.11 Å². The Bertz CT molecular complexity index is 690. The van der Waals surface area contributed by atoms with E-state index >= 15 is 0 Å². The summed E-state index contributed by atoms with van der Waals surface area (Å²) in [5, 5.41) is 19.9. The number of fused-ring (bicyclic) bond motifs is 1. The minimum Gasteiger partial charge on any atom is -0.393 e. The Morgan fingerprint density at radius 1 is 0.828 bits per heavy atom. The fourth-order valence-corrected chi connectivity index (χ4v) is 4.13. The summed E-state index contributed by atoms with van der Waals surface area (Å²) in [7, 11) is 0. The molecule has 1 aromatic heterocycles. The van der Waals surface area contributed by atoms with E-state index < -0.39 is 0 Å². The third-order valence-corrected chi connectivity index (χ3v) is 5.97. The highest BCUT2D eigenvalue weighted by Gasteiger charge is 2.31. The van der Waals surface area contributed by atoms with Crippen LogP contribution in [0.3, 0.4) is 0 Å². The molecule has 0 aliphatic rings. The Morgan fingerprint density at radius 3 is 1.93 bits per heavy atom. The Hall–Kier alpha value is -1.42. The van der Waals surface area contributed by atoms with Gasteiger partial charge in [0.2, 0.25) is 0 Å². The molecule has 0 fully saturated rings. The average Bonchev–Trinajstić information content (AvgIpc) is 3.01. The standard InChI is InChI=1S/C25H43N3O/c1-24(2,3)18-17-20(25(4,5)6)23(29)16-10-8-7-9-13-19-28-26-21-14-11-12-15-22(21)27-28/h11-12,14-15,20,23,29H,7-10,13,16-19H2,1-6H3. The minimum atomic E-state index is -0.182. The van der Waals surface area contributed by atoms with Crippen LogP contribution in [0.2, 0.25) is 0 Å². The summed E-state index contributed by atoms with van der Waals surface area (Å²) >= 11 is 0. The summed E-state index contributed by atoms with van der Waals surface area (Å²) in [6.45, 7) is 14.6. The van der Waals surface area contributed by atoms with Gasteiger partial charge in [0.1, 0.15) is 11.0 Å². The molecule has 164 valence electrons. The Labute approximate surface area is 178 Å². The maximum absolute atomic E-state index is 10.8. The number of aliphatic hydroxyl groups is 1. The second-order valence-corrected chi connectivity index (χ2v) is 11.0. The first kappa shape index (κ1) is 23.9. The molecule has 1 N–H and O–H groups in total. The average molecular weight is 402 g/mol. The molecule has 2 unspecified atom stereocenters. The third kappa shape index (κ3) is 8.46. The molecule has 0 amide bonds. The molecule has 0 saturated carbocycles. The fraction of sp³-hybridized carbons (Fsp3) is 0.760. The molecule has 0 spiro atoms. The molecule has 0 bridgehead atoms. The molecule has 4 nitrogen and oxygen atoms in total. The van der Waals surface area contributed by atoms with Gasteiger partial charge in [0.15, 0.2) is 0 Å². The summed E-state index contributed by atoms with van der Waals surface area (Å²) in [6.07, 6.45) is 8.86. The fourth-order valence-electron chi connectivity index (χ4n) is 4.13. The molecule has 4 heteroatoms. The van der Waals surface area contributed by atoms with Gasteiger partial charge < -0.3 is 5.11 Å². The van der Waals surface area contributed by atoms with Crippen molar-refractivity contribution in [1.82, 2.24) is 15.0 Å². The van der Waals surface area contributed by atoms with Crippen molar-refractivity contribution in [3.8, 4) is 0 Å². The van der Waals surface area contributed by atoms with E-state index in [0.717, 1.165) is 43.3 Å². The van der Waals surface area contributed by atoms with Crippen molar-refractivity contribution in [2.24, 2.45) is 16.7 Å². The van der Waals surface area contributed by atoms with E-state index in [2.05, 4.69) is 51.7 Å². The molecular weight excluding hydrogens is 358 g/mol. The van der Waals surface area contributed by atoms with E-state index in [1.807, 2.05) is 29.1 Å². The van der Waals surface area contributed by atoms with Gasteiger partial charge in [-0.25, -0.2) is 0 Å². The lowest BCUT2D eigenvalue weighted by Crippen LogP contribution is -2.33. The zero-order valence-corrected chi connectivity index (χ0v) is 19.6. The van der Waals surface area contributed by atoms with Crippen LogP contribution in [-0.4, -0.2) is 26.2 Å². The minimum absolute atomic E-state index is 0.158. The molecule has 2 aromatic rings. The number of aliphatic hydroxyl groups excluding tert-OH is 1. The van der Waals surface area contributed by atoms with Crippen LogP contribution in [0, 0.1) is 16.7 Å². The number of hydrogen-bond donors (Lipinski definition) is 1. The zero-order valence-electron chi connectivity index (χ0n) is 19.6. The second kappa shape index (κ2) is 10.6. The van der Waals surface area contributed by atoms with Gasteiger partial charge in [-0.1, -0.05) is 79.4 Å². The molecule has 1 aromatic carbocycles. The van der Waals surface area contributed by atoms with E-state index in [4.69, 9.17) is 0 Å². The maximum Gasteiger partial charge on any atom is 0.113 e. The Balaban J connectivity index is 1.63. The predicted octanol–water partition coefficient (Wildman–Crippen LogP) is 6.62. The van der Waals surface area contributed by atoms with Crippen LogP contribution in [0.1, 0.15) is 92.9 Å². The smallest absolute Gasteiger partial charge is 0.113 e. The van der Waals surface area contributed by atoms with Crippen LogP contribution >= 0.6 is 0 Å². The molecule has 1 heterocycles. The van der Waals surface area contributed by atoms with Crippen LogP contribution in [0.25, 0.3) is 11.0 Å². The number of benzene rings is 1. The molecule has 0 aliphatic heterocycles. The first-order chi connectivity index (χ1) is 13.6. The maximum atomic E-state index is 10.8. The quantitative estimate of drug-likeness (QED) is 0.430. The highest BCUT2D eigenvalue weighted by Crippen LogP contribution is 2.37. The van der Waals surface area contributed by atoms with Crippen molar-refractivity contribution in [1.29, 1.82) is 0 Å². The Morgan fingerprint density at radius 2 is 1.38 bits per heavy atom. The molecular formula is C25H43N3O. The predicted molar refractivity (Wildman–Crippen MR) is 123 cm³/mol. The van der Waals surface area contributed by atoms with Crippen LogP contribution in [0.5, 0.6) is 0 Å². The highest BCUT2D eigenvalue weighted by molar-refractivity contribution is 5.72. The summed E-state index contributed by atoms with van der Waals surface area (Å²) in [5.41, 5.74) is 2.44. The Kier molecular flexibility index (Phi) is 8.69. The van der Waals surface area contributed by atoms with Gasteiger partial charge >= 0.3 is 0 Å². The number of aromatic nitrogens is 3. The summed E-state index contributed by atoms with van der Waals surface area (Å²) < 4.78 is 0. The van der Waals surface area contributed by atoms with Gasteiger partial charge in [-0.3, -0.25) is 0 Å². The number of nitrogens with zero attached hydrogens (tertiary/aromatic N) is 3. The van der Waals surface area contributed by atoms with Gasteiger partial charge in [-0.05, 0) is 54.6 Å². The van der Waals surface area contributed by atoms with E-state index in [0.29, 0.717) is 11.3 Å². The van der Waals surface area contributed by atoms with Crippen molar-refractivity contribution < 1.29 is 5.11 Å². The monoisotopic (exact) mass is 401 g/mol. The zero-order chi connectivity index (χ0) is 21.5. The van der Waals surface area contributed by atoms with Crippen molar-refractivity contribution in [2.45, 2.75) is 106 Å². The van der Waals surface area contributed by atoms with Crippen molar-refractivity contribution in [2.75, 3.05) is 0 Å². The lowest BCUT2D eigenvalue weighted by atomic mass is 9.71. The van der Waals surface area contributed by atoms with Crippen molar-refractivity contribution in [3.05, 3.63) is 24.3 Å². The number of unbranched alkanes of at least 4 members (excludes halogenated alkanes) is 4. The van der Waals surface area contributed by atoms with Crippen LogP contribution in [0.15, 0.2) is 24.3 Å². The van der Waals surface area contributed by atoms with Gasteiger partial charge in [0.05, 0.1) is 12.6 Å². The number of hydrogen-bond acceptors (Lipinski definition) is 3. The van der Waals surface area contributed by atoms with Gasteiger partial charge in [-0.15, -0.1) is 0 Å². The molecule has 0 saturated heterocycles. The molecule has 0 aliphatic carbocycles. The van der Waals surface area contributed by atoms with Crippen LogP contribution in [-0.2, 0) is 6.54 Å². The first-order valence-electron chi connectivity index (χ1n) is 11.5. The normalized spacial score (nSPS) is 15.0. The lowest BCUT2D eigenvalue weighted by Gasteiger charge is -2.36. The van der Waals surface area contributed by atoms with Crippen LogP contribution < -0.4 is 0 Å². The molecule has 0 radical (unpaired) electrons. The van der Waals surface area contributed by atoms with Crippen LogP contribution in [0.4, 0.5) is 0 Å². The number of rotatable bonds is 11. The largest absolute Gasteiger partial charge is 0.393 e. The third-order valence-electron chi connectivity index (χ3n) is 5.97. The van der Waals surface area contributed by atoms with Gasteiger partial charge in [0.25, 0.3) is 0 Å². The van der Waals surface area contributed by atoms with Gasteiger partial charge in [0, 0.05) is 0 Å². The molecule has 2 rings (SSSR count). The second-order valence-electron chi connectivity index (χ2n) is 11.0. The van der Waals surface area contributed by atoms with E-state index in [-0.39, 0.29) is 11.5 Å². The lowest BCUT2D eigenvalue weighted by molar-refractivity contribution is 0.0232. The highest BCUT2D eigenvalue weighted by atomic mass is 16.3. The van der Waals surface area contributed by atoms with E-state index in [1.54, 1.807) is 0 Å². The molecule has 2 atom stereocenters. The topological polar surface area (TPSA) is 50.9 Å². The SMILES string of the molecule is CC(C)(C)CCC(C(O)CCCCCCCn1nc2ccccc2n1)C(C)(C)C. The number of aryl methyl sites for hydroxylation is 1. The van der Waals surface area contributed by atoms with Crippen molar-refractivity contribution >= 4 is 11.0 Å². The summed E-state index contributed by atoms with van der Waals surface area (Å²) in [4.78, 5) is 1.83. The van der Waals surface area contributed by atoms with E-state index in [1.165, 1.54) is 25.7 Å². The summed E-state index contributed by atoms with van der Waals surface area (Å²) in [6, 6.07) is 8.03. The van der Waals surface area contributed by atoms with Gasteiger partial charge in [-0.2, -0.15) is 15.0 Å².